The molecule has 2 heterocycles. The second kappa shape index (κ2) is 9.28. The van der Waals surface area contributed by atoms with Gasteiger partial charge in [0.25, 0.3) is 0 Å². The van der Waals surface area contributed by atoms with Crippen LogP contribution in [-0.2, 0) is 6.42 Å². The summed E-state index contributed by atoms with van der Waals surface area (Å²) in [6.07, 6.45) is 3.69. The van der Waals surface area contributed by atoms with E-state index in [4.69, 9.17) is 0 Å². The molecule has 1 aliphatic heterocycles. The maximum Gasteiger partial charge on any atom is 0.191 e. The molecule has 4 nitrogen and oxygen atoms in total. The van der Waals surface area contributed by atoms with Crippen LogP contribution in [0.15, 0.2) is 17.1 Å². The third-order valence-corrected chi connectivity index (χ3v) is 5.54. The maximum absolute atomic E-state index is 4.38. The number of nitrogens with one attached hydrogen (secondary N) is 2. The topological polar surface area (TPSA) is 39.7 Å². The van der Waals surface area contributed by atoms with Crippen LogP contribution in [0.25, 0.3) is 0 Å². The molecule has 0 aliphatic carbocycles. The van der Waals surface area contributed by atoms with E-state index in [9.17, 15) is 0 Å². The summed E-state index contributed by atoms with van der Waals surface area (Å²) in [7, 11) is 1.86. The van der Waals surface area contributed by atoms with Crippen molar-refractivity contribution in [1.29, 1.82) is 0 Å². The van der Waals surface area contributed by atoms with Gasteiger partial charge in [-0.25, -0.2) is 0 Å². The van der Waals surface area contributed by atoms with E-state index in [0.717, 1.165) is 24.8 Å². The minimum absolute atomic E-state index is 0.387. The average Bonchev–Trinajstić information content (AvgIpc) is 2.96. The van der Waals surface area contributed by atoms with Crippen molar-refractivity contribution in [2.45, 2.75) is 46.1 Å². The summed E-state index contributed by atoms with van der Waals surface area (Å²) >= 11 is 1.88. The fourth-order valence-electron chi connectivity index (χ4n) is 3.22. The molecule has 2 N–H and O–H groups in total. The summed E-state index contributed by atoms with van der Waals surface area (Å²) < 4.78 is 0. The van der Waals surface area contributed by atoms with Crippen molar-refractivity contribution in [3.63, 3.8) is 0 Å². The summed E-state index contributed by atoms with van der Waals surface area (Å²) in [5, 5.41) is 7.04. The Morgan fingerprint density at radius 2 is 2.30 bits per heavy atom. The van der Waals surface area contributed by atoms with Crippen molar-refractivity contribution in [1.82, 2.24) is 15.5 Å². The third-order valence-electron chi connectivity index (χ3n) is 4.52. The smallest absolute Gasteiger partial charge is 0.191 e. The molecule has 0 amide bonds. The number of nitrogens with zero attached hydrogens (tertiary/aromatic N) is 2. The second-order valence-corrected chi connectivity index (χ2v) is 7.99. The van der Waals surface area contributed by atoms with Gasteiger partial charge in [0.15, 0.2) is 5.96 Å². The lowest BCUT2D eigenvalue weighted by Crippen LogP contribution is -2.47. The maximum atomic E-state index is 4.38. The molecule has 0 aromatic carbocycles. The van der Waals surface area contributed by atoms with Gasteiger partial charge in [0.1, 0.15) is 0 Å². The van der Waals surface area contributed by atoms with Crippen molar-refractivity contribution in [2.24, 2.45) is 10.9 Å². The molecular formula is C18H32N4S. The number of hydrogen-bond donors (Lipinski definition) is 2. The number of hydrogen-bond acceptors (Lipinski definition) is 3. The van der Waals surface area contributed by atoms with Crippen molar-refractivity contribution in [2.75, 3.05) is 33.2 Å². The summed E-state index contributed by atoms with van der Waals surface area (Å²) in [4.78, 5) is 9.75. The Labute approximate surface area is 145 Å². The summed E-state index contributed by atoms with van der Waals surface area (Å²) in [6.45, 7) is 11.3. The molecule has 5 heteroatoms. The molecule has 130 valence electrons. The molecule has 2 atom stereocenters. The van der Waals surface area contributed by atoms with Gasteiger partial charge in [-0.15, -0.1) is 11.3 Å². The highest BCUT2D eigenvalue weighted by atomic mass is 32.1. The van der Waals surface area contributed by atoms with Crippen LogP contribution in [0.5, 0.6) is 0 Å². The first-order chi connectivity index (χ1) is 11.1. The van der Waals surface area contributed by atoms with Crippen molar-refractivity contribution in [3.05, 3.63) is 21.9 Å². The summed E-state index contributed by atoms with van der Waals surface area (Å²) in [6, 6.07) is 4.82. The zero-order valence-corrected chi connectivity index (χ0v) is 15.9. The molecule has 1 aromatic rings. The zero-order valence-electron chi connectivity index (χ0n) is 15.1. The normalized spacial score (nSPS) is 21.2. The number of aryl methyl sites for hydroxylation is 1. The predicted octanol–water partition coefficient (Wildman–Crippen LogP) is 2.88. The van der Waals surface area contributed by atoms with Crippen molar-refractivity contribution in [3.8, 4) is 0 Å². The lowest BCUT2D eigenvalue weighted by molar-refractivity contribution is 0.183. The Kier molecular flexibility index (Phi) is 7.37. The van der Waals surface area contributed by atoms with Crippen molar-refractivity contribution >= 4 is 17.3 Å². The van der Waals surface area contributed by atoms with Crippen LogP contribution < -0.4 is 10.6 Å². The van der Waals surface area contributed by atoms with Gasteiger partial charge < -0.3 is 15.5 Å². The molecule has 2 unspecified atom stereocenters. The Morgan fingerprint density at radius 3 is 2.96 bits per heavy atom. The predicted molar refractivity (Wildman–Crippen MR) is 102 cm³/mol. The minimum atomic E-state index is 0.387. The Bertz CT molecular complexity index is 497. The van der Waals surface area contributed by atoms with E-state index in [-0.39, 0.29) is 0 Å². The molecule has 23 heavy (non-hydrogen) atoms. The first-order valence-corrected chi connectivity index (χ1v) is 9.67. The van der Waals surface area contributed by atoms with Crippen LogP contribution in [0.1, 0.15) is 36.4 Å². The van der Waals surface area contributed by atoms with Gasteiger partial charge in [-0.2, -0.15) is 0 Å². The van der Waals surface area contributed by atoms with E-state index >= 15 is 0 Å². The summed E-state index contributed by atoms with van der Waals surface area (Å²) in [5.41, 5.74) is 0. The number of aliphatic imine (C=N–C) groups is 1. The Balaban J connectivity index is 1.74. The molecule has 1 fully saturated rings. The van der Waals surface area contributed by atoms with Gasteiger partial charge in [0, 0.05) is 42.4 Å². The van der Waals surface area contributed by atoms with E-state index in [0.29, 0.717) is 6.04 Å². The molecule has 0 bridgehead atoms. The largest absolute Gasteiger partial charge is 0.356 e. The fourth-order valence-corrected chi connectivity index (χ4v) is 4.24. The number of likely N-dealkylation sites (tertiary alicyclic amines) is 1. The van der Waals surface area contributed by atoms with Crippen LogP contribution in [0, 0.1) is 12.8 Å². The lowest BCUT2D eigenvalue weighted by Gasteiger charge is -2.32. The quantitative estimate of drug-likeness (QED) is 0.620. The highest BCUT2D eigenvalue weighted by molar-refractivity contribution is 7.11. The van der Waals surface area contributed by atoms with Gasteiger partial charge in [-0.3, -0.25) is 4.99 Å². The Morgan fingerprint density at radius 1 is 1.48 bits per heavy atom. The minimum Gasteiger partial charge on any atom is -0.356 e. The molecule has 0 radical (unpaired) electrons. The van der Waals surface area contributed by atoms with Gasteiger partial charge in [0.05, 0.1) is 0 Å². The molecule has 1 saturated heterocycles. The summed E-state index contributed by atoms with van der Waals surface area (Å²) in [5.74, 6) is 1.66. The fraction of sp³-hybridized carbons (Fsp3) is 0.722. The average molecular weight is 337 g/mol. The second-order valence-electron chi connectivity index (χ2n) is 6.62. The zero-order chi connectivity index (χ0) is 16.7. The number of guanidine groups is 1. The standard InChI is InChI=1S/C18H32N4S/c1-5-22-10-6-7-16(13-22)12-20-18(19-4)21-14(2)11-17-9-8-15(3)23-17/h8-9,14,16H,5-7,10-13H2,1-4H3,(H2,19,20,21). The first kappa shape index (κ1) is 18.3. The van der Waals surface area contributed by atoms with Crippen LogP contribution in [0.4, 0.5) is 0 Å². The SMILES string of the molecule is CCN1CCCC(CNC(=NC)NC(C)Cc2ccc(C)s2)C1. The molecule has 1 aliphatic rings. The molecule has 1 aromatic heterocycles. The number of piperidine rings is 1. The van der Waals surface area contributed by atoms with Gasteiger partial charge in [-0.05, 0) is 57.8 Å². The molecule has 2 rings (SSSR count). The monoisotopic (exact) mass is 336 g/mol. The number of rotatable bonds is 6. The highest BCUT2D eigenvalue weighted by Gasteiger charge is 2.19. The van der Waals surface area contributed by atoms with E-state index in [1.54, 1.807) is 0 Å². The van der Waals surface area contributed by atoms with Crippen LogP contribution in [0.2, 0.25) is 0 Å². The highest BCUT2D eigenvalue weighted by Crippen LogP contribution is 2.17. The number of thiophene rings is 1. The van der Waals surface area contributed by atoms with Crippen LogP contribution in [-0.4, -0.2) is 50.1 Å². The molecule has 0 saturated carbocycles. The van der Waals surface area contributed by atoms with Crippen LogP contribution >= 0.6 is 11.3 Å². The Hall–Kier alpha value is -1.07. The van der Waals surface area contributed by atoms with E-state index in [2.05, 4.69) is 53.4 Å². The van der Waals surface area contributed by atoms with Crippen molar-refractivity contribution < 1.29 is 0 Å². The third kappa shape index (κ3) is 6.15. The van der Waals surface area contributed by atoms with E-state index in [1.165, 1.54) is 42.2 Å². The first-order valence-electron chi connectivity index (χ1n) is 8.85. The van der Waals surface area contributed by atoms with Gasteiger partial charge in [0.2, 0.25) is 0 Å². The molecule has 0 spiro atoms. The van der Waals surface area contributed by atoms with Gasteiger partial charge >= 0.3 is 0 Å². The van der Waals surface area contributed by atoms with E-state index < -0.39 is 0 Å². The lowest BCUT2D eigenvalue weighted by atomic mass is 9.98. The van der Waals surface area contributed by atoms with Crippen LogP contribution in [0.3, 0.4) is 0 Å². The molecular weight excluding hydrogens is 304 g/mol. The van der Waals surface area contributed by atoms with Gasteiger partial charge in [-0.1, -0.05) is 6.92 Å². The van der Waals surface area contributed by atoms with E-state index in [1.807, 2.05) is 18.4 Å².